The highest BCUT2D eigenvalue weighted by Crippen LogP contribution is 2.25. The fraction of sp³-hybridized carbons (Fsp3) is 0.0714. The Morgan fingerprint density at radius 2 is 2.00 bits per heavy atom. The summed E-state index contributed by atoms with van der Waals surface area (Å²) in [5, 5.41) is 12.0. The Bertz CT molecular complexity index is 632. The second-order valence-electron chi connectivity index (χ2n) is 3.89. The number of rotatable bonds is 2. The molecule has 2 nitrogen and oxygen atoms in total. The van der Waals surface area contributed by atoms with Gasteiger partial charge < -0.3 is 5.32 Å². The maximum atomic E-state index is 13.4. The van der Waals surface area contributed by atoms with Gasteiger partial charge in [0.15, 0.2) is 0 Å². The van der Waals surface area contributed by atoms with Crippen molar-refractivity contribution in [1.82, 2.24) is 0 Å². The third kappa shape index (κ3) is 2.69. The molecule has 0 saturated carbocycles. The van der Waals surface area contributed by atoms with Crippen LogP contribution in [0.3, 0.4) is 0 Å². The predicted molar refractivity (Wildman–Crippen MR) is 73.3 cm³/mol. The van der Waals surface area contributed by atoms with Gasteiger partial charge in [-0.3, -0.25) is 0 Å². The van der Waals surface area contributed by atoms with Crippen molar-refractivity contribution in [3.63, 3.8) is 0 Å². The molecule has 0 saturated heterocycles. The molecule has 0 aliphatic carbocycles. The van der Waals surface area contributed by atoms with Crippen LogP contribution in [0.25, 0.3) is 0 Å². The minimum atomic E-state index is -0.270. The molecule has 0 amide bonds. The monoisotopic (exact) mass is 304 g/mol. The molecule has 0 heterocycles. The van der Waals surface area contributed by atoms with Crippen LogP contribution in [0, 0.1) is 24.1 Å². The summed E-state index contributed by atoms with van der Waals surface area (Å²) in [6.07, 6.45) is 0. The van der Waals surface area contributed by atoms with E-state index in [2.05, 4.69) is 27.3 Å². The van der Waals surface area contributed by atoms with Gasteiger partial charge in [-0.25, -0.2) is 4.39 Å². The van der Waals surface area contributed by atoms with E-state index in [4.69, 9.17) is 5.26 Å². The Kier molecular flexibility index (Phi) is 3.63. The van der Waals surface area contributed by atoms with E-state index in [9.17, 15) is 4.39 Å². The van der Waals surface area contributed by atoms with Gasteiger partial charge in [0.2, 0.25) is 0 Å². The van der Waals surface area contributed by atoms with Crippen molar-refractivity contribution in [1.29, 1.82) is 5.26 Å². The number of nitriles is 1. The Labute approximate surface area is 113 Å². The molecule has 4 heteroatoms. The van der Waals surface area contributed by atoms with Gasteiger partial charge in [-0.1, -0.05) is 22.0 Å². The summed E-state index contributed by atoms with van der Waals surface area (Å²) in [4.78, 5) is 0. The van der Waals surface area contributed by atoms with E-state index in [1.807, 2.05) is 0 Å². The first kappa shape index (κ1) is 12.6. The standard InChI is InChI=1S/C14H10BrFN2/c1-9-2-5-12(7-13(9)16)18-14-6-11(15)4-3-10(14)8-17/h2-7,18H,1H3. The predicted octanol–water partition coefficient (Wildman–Crippen LogP) is 4.51. The van der Waals surface area contributed by atoms with Crippen molar-refractivity contribution in [2.45, 2.75) is 6.92 Å². The minimum absolute atomic E-state index is 0.270. The normalized spacial score (nSPS) is 9.89. The molecule has 0 aliphatic heterocycles. The van der Waals surface area contributed by atoms with Crippen LogP contribution in [0.4, 0.5) is 15.8 Å². The van der Waals surface area contributed by atoms with Crippen molar-refractivity contribution in [3.8, 4) is 6.07 Å². The molecule has 0 spiro atoms. The third-order valence-electron chi connectivity index (χ3n) is 2.55. The first-order valence-corrected chi connectivity index (χ1v) is 6.12. The highest BCUT2D eigenvalue weighted by Gasteiger charge is 2.05. The van der Waals surface area contributed by atoms with Crippen LogP contribution >= 0.6 is 15.9 Å². The summed E-state index contributed by atoms with van der Waals surface area (Å²) in [5.41, 5.74) is 2.37. The van der Waals surface area contributed by atoms with Gasteiger partial charge >= 0.3 is 0 Å². The van der Waals surface area contributed by atoms with E-state index in [1.165, 1.54) is 6.07 Å². The summed E-state index contributed by atoms with van der Waals surface area (Å²) >= 11 is 3.34. The Morgan fingerprint density at radius 3 is 2.67 bits per heavy atom. The molecule has 0 aromatic heterocycles. The van der Waals surface area contributed by atoms with Crippen molar-refractivity contribution < 1.29 is 4.39 Å². The van der Waals surface area contributed by atoms with Gasteiger partial charge in [-0.2, -0.15) is 5.26 Å². The van der Waals surface area contributed by atoms with E-state index in [0.29, 0.717) is 22.5 Å². The summed E-state index contributed by atoms with van der Waals surface area (Å²) in [7, 11) is 0. The summed E-state index contributed by atoms with van der Waals surface area (Å²) < 4.78 is 14.3. The van der Waals surface area contributed by atoms with E-state index in [1.54, 1.807) is 37.3 Å². The van der Waals surface area contributed by atoms with Crippen molar-refractivity contribution >= 4 is 27.3 Å². The van der Waals surface area contributed by atoms with Gasteiger partial charge in [-0.05, 0) is 42.8 Å². The molecular weight excluding hydrogens is 295 g/mol. The molecule has 0 fully saturated rings. The molecule has 2 rings (SSSR count). The molecule has 90 valence electrons. The summed E-state index contributed by atoms with van der Waals surface area (Å²) in [5.74, 6) is -0.270. The lowest BCUT2D eigenvalue weighted by Gasteiger charge is -2.09. The Hall–Kier alpha value is -1.86. The maximum absolute atomic E-state index is 13.4. The zero-order chi connectivity index (χ0) is 13.1. The van der Waals surface area contributed by atoms with Crippen LogP contribution < -0.4 is 5.32 Å². The number of hydrogen-bond donors (Lipinski definition) is 1. The van der Waals surface area contributed by atoms with Crippen molar-refractivity contribution in [2.75, 3.05) is 5.32 Å². The number of benzene rings is 2. The zero-order valence-corrected chi connectivity index (χ0v) is 11.3. The topological polar surface area (TPSA) is 35.8 Å². The molecule has 0 atom stereocenters. The average molecular weight is 305 g/mol. The molecule has 2 aromatic carbocycles. The fourth-order valence-corrected chi connectivity index (χ4v) is 1.90. The fourth-order valence-electron chi connectivity index (χ4n) is 1.54. The number of halogens is 2. The number of nitrogens with zero attached hydrogens (tertiary/aromatic N) is 1. The number of anilines is 2. The van der Waals surface area contributed by atoms with Gasteiger partial charge in [-0.15, -0.1) is 0 Å². The summed E-state index contributed by atoms with van der Waals surface area (Å²) in [6.45, 7) is 1.71. The van der Waals surface area contributed by atoms with Gasteiger partial charge in [0, 0.05) is 10.2 Å². The lowest BCUT2D eigenvalue weighted by molar-refractivity contribution is 0.619. The maximum Gasteiger partial charge on any atom is 0.128 e. The zero-order valence-electron chi connectivity index (χ0n) is 9.67. The molecule has 2 aromatic rings. The van der Waals surface area contributed by atoms with Crippen LogP contribution in [-0.4, -0.2) is 0 Å². The van der Waals surface area contributed by atoms with Crippen LogP contribution in [0.15, 0.2) is 40.9 Å². The third-order valence-corrected chi connectivity index (χ3v) is 3.05. The van der Waals surface area contributed by atoms with Crippen molar-refractivity contribution in [2.24, 2.45) is 0 Å². The highest BCUT2D eigenvalue weighted by atomic mass is 79.9. The highest BCUT2D eigenvalue weighted by molar-refractivity contribution is 9.10. The molecule has 0 bridgehead atoms. The van der Waals surface area contributed by atoms with Gasteiger partial charge in [0.05, 0.1) is 11.3 Å². The quantitative estimate of drug-likeness (QED) is 0.886. The Morgan fingerprint density at radius 1 is 1.22 bits per heavy atom. The molecule has 1 N–H and O–H groups in total. The molecule has 0 unspecified atom stereocenters. The molecular formula is C14H10BrFN2. The van der Waals surface area contributed by atoms with Crippen molar-refractivity contribution in [3.05, 3.63) is 57.8 Å². The van der Waals surface area contributed by atoms with E-state index < -0.39 is 0 Å². The number of nitrogens with one attached hydrogen (secondary N) is 1. The first-order chi connectivity index (χ1) is 8.60. The first-order valence-electron chi connectivity index (χ1n) is 5.33. The summed E-state index contributed by atoms with van der Waals surface area (Å²) in [6, 6.07) is 12.3. The smallest absolute Gasteiger partial charge is 0.128 e. The lowest BCUT2D eigenvalue weighted by atomic mass is 10.1. The van der Waals surface area contributed by atoms with E-state index in [0.717, 1.165) is 4.47 Å². The molecule has 0 aliphatic rings. The van der Waals surface area contributed by atoms with Crippen LogP contribution in [0.1, 0.15) is 11.1 Å². The Balaban J connectivity index is 2.36. The molecule has 0 radical (unpaired) electrons. The van der Waals surface area contributed by atoms with Crippen LogP contribution in [0.5, 0.6) is 0 Å². The number of aryl methyl sites for hydroxylation is 1. The minimum Gasteiger partial charge on any atom is -0.354 e. The van der Waals surface area contributed by atoms with E-state index >= 15 is 0 Å². The SMILES string of the molecule is Cc1ccc(Nc2cc(Br)ccc2C#N)cc1F. The van der Waals surface area contributed by atoms with Gasteiger partial charge in [0.1, 0.15) is 11.9 Å². The van der Waals surface area contributed by atoms with E-state index in [-0.39, 0.29) is 5.82 Å². The number of hydrogen-bond acceptors (Lipinski definition) is 2. The largest absolute Gasteiger partial charge is 0.354 e. The lowest BCUT2D eigenvalue weighted by Crippen LogP contribution is -1.95. The average Bonchev–Trinajstić information content (AvgIpc) is 2.34. The molecule has 18 heavy (non-hydrogen) atoms. The van der Waals surface area contributed by atoms with Gasteiger partial charge in [0.25, 0.3) is 0 Å². The van der Waals surface area contributed by atoms with Crippen LogP contribution in [0.2, 0.25) is 0 Å². The second kappa shape index (κ2) is 5.19. The van der Waals surface area contributed by atoms with Crippen LogP contribution in [-0.2, 0) is 0 Å². The second-order valence-corrected chi connectivity index (χ2v) is 4.81.